The third kappa shape index (κ3) is 3.11. The monoisotopic (exact) mass is 314 g/mol. The van der Waals surface area contributed by atoms with E-state index in [4.69, 9.17) is 5.84 Å². The molecule has 2 aromatic rings. The maximum Gasteiger partial charge on any atom is 0.239 e. The van der Waals surface area contributed by atoms with Crippen LogP contribution in [0, 0.1) is 6.92 Å². The molecule has 0 saturated heterocycles. The molecule has 6 nitrogen and oxygen atoms in total. The molecule has 0 aromatic carbocycles. The molecule has 0 aliphatic carbocycles. The van der Waals surface area contributed by atoms with E-state index in [0.29, 0.717) is 18.3 Å². The van der Waals surface area contributed by atoms with Crippen LogP contribution in [0.2, 0.25) is 0 Å². The summed E-state index contributed by atoms with van der Waals surface area (Å²) in [6.45, 7) is 2.65. The van der Waals surface area contributed by atoms with Crippen LogP contribution in [0.3, 0.4) is 0 Å². The van der Waals surface area contributed by atoms with Crippen LogP contribution in [-0.4, -0.2) is 15.0 Å². The van der Waals surface area contributed by atoms with Crippen molar-refractivity contribution in [2.24, 2.45) is 5.84 Å². The minimum Gasteiger partial charge on any atom is -0.362 e. The summed E-state index contributed by atoms with van der Waals surface area (Å²) in [6, 6.07) is 0. The van der Waals surface area contributed by atoms with Gasteiger partial charge in [0.2, 0.25) is 5.95 Å². The smallest absolute Gasteiger partial charge is 0.239 e. The van der Waals surface area contributed by atoms with Crippen molar-refractivity contribution >= 4 is 39.0 Å². The van der Waals surface area contributed by atoms with Crippen LogP contribution in [0.4, 0.5) is 11.8 Å². The fourth-order valence-electron chi connectivity index (χ4n) is 1.20. The molecular formula is C9H11BrN6S. The lowest BCUT2D eigenvalue weighted by Crippen LogP contribution is -2.12. The zero-order chi connectivity index (χ0) is 12.3. The first-order valence-electron chi connectivity index (χ1n) is 4.83. The van der Waals surface area contributed by atoms with E-state index >= 15 is 0 Å². The molecule has 0 atom stereocenters. The Morgan fingerprint density at radius 3 is 2.88 bits per heavy atom. The molecule has 0 bridgehead atoms. The van der Waals surface area contributed by atoms with Gasteiger partial charge >= 0.3 is 0 Å². The van der Waals surface area contributed by atoms with Gasteiger partial charge in [0.1, 0.15) is 10.8 Å². The number of aryl methyl sites for hydroxylation is 1. The van der Waals surface area contributed by atoms with Crippen molar-refractivity contribution in [3.05, 3.63) is 26.8 Å². The lowest BCUT2D eigenvalue weighted by molar-refractivity contribution is 1.04. The van der Waals surface area contributed by atoms with Crippen LogP contribution in [0.25, 0.3) is 0 Å². The number of nitrogens with two attached hydrogens (primary N) is 1. The molecule has 0 spiro atoms. The highest BCUT2D eigenvalue weighted by Crippen LogP contribution is 2.21. The largest absolute Gasteiger partial charge is 0.362 e. The quantitative estimate of drug-likeness (QED) is 0.590. The Bertz CT molecular complexity index is 514. The van der Waals surface area contributed by atoms with Crippen molar-refractivity contribution in [3.63, 3.8) is 0 Å². The second-order valence-electron chi connectivity index (χ2n) is 3.25. The Morgan fingerprint density at radius 1 is 1.41 bits per heavy atom. The predicted molar refractivity (Wildman–Crippen MR) is 71.7 cm³/mol. The number of rotatable bonds is 4. The number of hydrogen-bond donors (Lipinski definition) is 3. The van der Waals surface area contributed by atoms with Crippen LogP contribution >= 0.6 is 27.3 Å². The molecule has 0 radical (unpaired) electrons. The third-order valence-corrected chi connectivity index (χ3v) is 3.44. The third-order valence-electron chi connectivity index (χ3n) is 1.95. The Hall–Kier alpha value is -1.25. The first kappa shape index (κ1) is 12.2. The van der Waals surface area contributed by atoms with E-state index in [-0.39, 0.29) is 0 Å². The molecule has 0 unspecified atom stereocenters. The second kappa shape index (κ2) is 5.39. The van der Waals surface area contributed by atoms with Crippen molar-refractivity contribution in [3.8, 4) is 0 Å². The minimum atomic E-state index is 0.367. The maximum atomic E-state index is 5.25. The lowest BCUT2D eigenvalue weighted by atomic mass is 10.5. The Labute approximate surface area is 111 Å². The Morgan fingerprint density at radius 2 is 2.24 bits per heavy atom. The van der Waals surface area contributed by atoms with Crippen molar-refractivity contribution in [2.45, 2.75) is 13.5 Å². The summed E-state index contributed by atoms with van der Waals surface area (Å²) in [5, 5.41) is 4.18. The van der Waals surface area contributed by atoms with E-state index in [1.807, 2.05) is 13.1 Å². The van der Waals surface area contributed by atoms with Gasteiger partial charge in [-0.25, -0.2) is 15.8 Å². The molecule has 0 saturated carbocycles. The number of nitrogens with one attached hydrogen (secondary N) is 2. The fourth-order valence-corrected chi connectivity index (χ4v) is 2.26. The summed E-state index contributed by atoms with van der Waals surface area (Å²) in [4.78, 5) is 13.6. The summed E-state index contributed by atoms with van der Waals surface area (Å²) in [7, 11) is 0. The molecule has 90 valence electrons. The summed E-state index contributed by atoms with van der Waals surface area (Å²) >= 11 is 5.02. The molecule has 0 fully saturated rings. The second-order valence-corrected chi connectivity index (χ2v) is 5.43. The summed E-state index contributed by atoms with van der Waals surface area (Å²) in [6.07, 6.45) is 3.49. The van der Waals surface area contributed by atoms with Crippen LogP contribution in [0.1, 0.15) is 9.88 Å². The van der Waals surface area contributed by atoms with Gasteiger partial charge in [-0.3, -0.25) is 5.43 Å². The standard InChI is InChI=1S/C9H11BrN6S/c1-5-2-12-7(17-5)4-13-8-6(10)3-14-9(15-8)16-11/h2-3H,4,11H2,1H3,(H2,13,14,15,16). The number of nitrogens with zero attached hydrogens (tertiary/aromatic N) is 3. The van der Waals surface area contributed by atoms with Gasteiger partial charge < -0.3 is 5.32 Å². The van der Waals surface area contributed by atoms with Gasteiger partial charge in [0.05, 0.1) is 11.0 Å². The highest BCUT2D eigenvalue weighted by atomic mass is 79.9. The first-order chi connectivity index (χ1) is 8.19. The summed E-state index contributed by atoms with van der Waals surface area (Å²) in [5.74, 6) is 6.30. The van der Waals surface area contributed by atoms with Crippen molar-refractivity contribution < 1.29 is 0 Å². The number of aromatic nitrogens is 3. The number of hydrazine groups is 1. The van der Waals surface area contributed by atoms with Gasteiger partial charge in [-0.1, -0.05) is 0 Å². The van der Waals surface area contributed by atoms with Gasteiger partial charge in [0, 0.05) is 17.3 Å². The average molecular weight is 315 g/mol. The fraction of sp³-hybridized carbons (Fsp3) is 0.222. The summed E-state index contributed by atoms with van der Waals surface area (Å²) < 4.78 is 0.782. The molecule has 4 N–H and O–H groups in total. The number of anilines is 2. The van der Waals surface area contributed by atoms with E-state index in [1.165, 1.54) is 4.88 Å². The lowest BCUT2D eigenvalue weighted by Gasteiger charge is -2.06. The highest BCUT2D eigenvalue weighted by molar-refractivity contribution is 9.10. The highest BCUT2D eigenvalue weighted by Gasteiger charge is 2.05. The predicted octanol–water partition coefficient (Wildman–Crippen LogP) is 1.90. The van der Waals surface area contributed by atoms with Crippen molar-refractivity contribution in [1.29, 1.82) is 0 Å². The first-order valence-corrected chi connectivity index (χ1v) is 6.44. The van der Waals surface area contributed by atoms with Gasteiger partial charge in [-0.15, -0.1) is 11.3 Å². The van der Waals surface area contributed by atoms with Crippen molar-refractivity contribution in [1.82, 2.24) is 15.0 Å². The molecule has 8 heteroatoms. The maximum absolute atomic E-state index is 5.25. The molecule has 17 heavy (non-hydrogen) atoms. The van der Waals surface area contributed by atoms with Crippen LogP contribution < -0.4 is 16.6 Å². The molecule has 2 heterocycles. The normalized spacial score (nSPS) is 10.3. The average Bonchev–Trinajstić information content (AvgIpc) is 2.74. The van der Waals surface area contributed by atoms with Crippen LogP contribution in [0.15, 0.2) is 16.9 Å². The van der Waals surface area contributed by atoms with Gasteiger partial charge in [0.25, 0.3) is 0 Å². The minimum absolute atomic E-state index is 0.367. The van der Waals surface area contributed by atoms with Crippen molar-refractivity contribution in [2.75, 3.05) is 10.7 Å². The molecule has 2 aromatic heterocycles. The topological polar surface area (TPSA) is 88.8 Å². The summed E-state index contributed by atoms with van der Waals surface area (Å²) in [5.41, 5.74) is 2.40. The van der Waals surface area contributed by atoms with E-state index in [9.17, 15) is 0 Å². The molecule has 0 aliphatic heterocycles. The number of hydrogen-bond acceptors (Lipinski definition) is 7. The number of halogens is 1. The zero-order valence-electron chi connectivity index (χ0n) is 9.07. The van der Waals surface area contributed by atoms with Gasteiger partial charge in [-0.2, -0.15) is 4.98 Å². The SMILES string of the molecule is Cc1cnc(CNc2nc(NN)ncc2Br)s1. The Balaban J connectivity index is 2.07. The molecule has 0 amide bonds. The number of nitrogen functional groups attached to an aromatic ring is 1. The van der Waals surface area contributed by atoms with E-state index in [0.717, 1.165) is 9.48 Å². The Kier molecular flexibility index (Phi) is 3.87. The van der Waals surface area contributed by atoms with Gasteiger partial charge in [-0.05, 0) is 22.9 Å². The van der Waals surface area contributed by atoms with E-state index < -0.39 is 0 Å². The molecule has 2 rings (SSSR count). The van der Waals surface area contributed by atoms with E-state index in [1.54, 1.807) is 17.5 Å². The molecular weight excluding hydrogens is 304 g/mol. The van der Waals surface area contributed by atoms with E-state index in [2.05, 4.69) is 41.6 Å². The zero-order valence-corrected chi connectivity index (χ0v) is 11.5. The van der Waals surface area contributed by atoms with Crippen LogP contribution in [-0.2, 0) is 6.54 Å². The number of thiazole rings is 1. The molecule has 0 aliphatic rings. The van der Waals surface area contributed by atoms with Crippen LogP contribution in [0.5, 0.6) is 0 Å². The van der Waals surface area contributed by atoms with Gasteiger partial charge in [0.15, 0.2) is 0 Å².